The van der Waals surface area contributed by atoms with Crippen molar-refractivity contribution in [1.82, 2.24) is 9.97 Å². The second-order valence-electron chi connectivity index (χ2n) is 6.40. The molecule has 0 fully saturated rings. The minimum Gasteiger partial charge on any atom is -0.340 e. The zero-order valence-corrected chi connectivity index (χ0v) is 15.4. The fourth-order valence-electron chi connectivity index (χ4n) is 2.57. The molecule has 0 saturated heterocycles. The molecule has 3 rings (SSSR count). The third-order valence-corrected chi connectivity index (χ3v) is 4.18. The Morgan fingerprint density at radius 3 is 2.15 bits per heavy atom. The quantitative estimate of drug-likeness (QED) is 0.630. The molecule has 132 valence electrons. The lowest BCUT2D eigenvalue weighted by Crippen LogP contribution is -2.03. The molecule has 0 unspecified atom stereocenters. The van der Waals surface area contributed by atoms with Gasteiger partial charge < -0.3 is 10.6 Å². The summed E-state index contributed by atoms with van der Waals surface area (Å²) in [7, 11) is 0. The topological polar surface area (TPSA) is 66.9 Å². The summed E-state index contributed by atoms with van der Waals surface area (Å²) in [6.07, 6.45) is 0. The largest absolute Gasteiger partial charge is 0.340 e. The average molecular weight is 346 g/mol. The maximum atomic E-state index is 11.4. The fraction of sp³-hybridized carbons (Fsp3) is 0.190. The van der Waals surface area contributed by atoms with Gasteiger partial charge in [-0.3, -0.25) is 4.79 Å². The predicted molar refractivity (Wildman–Crippen MR) is 106 cm³/mol. The van der Waals surface area contributed by atoms with Crippen LogP contribution in [0.1, 0.15) is 34.1 Å². The summed E-state index contributed by atoms with van der Waals surface area (Å²) in [6.45, 7) is 7.65. The number of hydrogen-bond acceptors (Lipinski definition) is 5. The zero-order valence-electron chi connectivity index (χ0n) is 15.4. The van der Waals surface area contributed by atoms with Crippen molar-refractivity contribution in [3.8, 4) is 0 Å². The molecule has 0 bridgehead atoms. The Balaban J connectivity index is 1.80. The van der Waals surface area contributed by atoms with Crippen LogP contribution in [0.4, 0.5) is 23.1 Å². The van der Waals surface area contributed by atoms with Gasteiger partial charge in [-0.05, 0) is 75.2 Å². The summed E-state index contributed by atoms with van der Waals surface area (Å²) in [5.41, 5.74) is 5.82. The Kier molecular flexibility index (Phi) is 4.98. The number of Topliss-reactive ketones (excluding diaryl/α,β-unsaturated/α-hetero) is 1. The molecule has 26 heavy (non-hydrogen) atoms. The maximum absolute atomic E-state index is 11.4. The van der Waals surface area contributed by atoms with E-state index >= 15 is 0 Å². The van der Waals surface area contributed by atoms with Crippen molar-refractivity contribution in [2.24, 2.45) is 0 Å². The number of aryl methyl sites for hydroxylation is 3. The summed E-state index contributed by atoms with van der Waals surface area (Å²) in [5.74, 6) is 1.28. The molecule has 5 heteroatoms. The van der Waals surface area contributed by atoms with Gasteiger partial charge in [0.1, 0.15) is 5.82 Å². The van der Waals surface area contributed by atoms with Crippen LogP contribution in [0.25, 0.3) is 0 Å². The first-order valence-corrected chi connectivity index (χ1v) is 8.49. The predicted octanol–water partition coefficient (Wildman–Crippen LogP) is 5.09. The van der Waals surface area contributed by atoms with Crippen molar-refractivity contribution in [2.75, 3.05) is 10.6 Å². The summed E-state index contributed by atoms with van der Waals surface area (Å²) in [6, 6.07) is 15.4. The van der Waals surface area contributed by atoms with E-state index in [9.17, 15) is 4.79 Å². The Labute approximate surface area is 153 Å². The Morgan fingerprint density at radius 2 is 1.50 bits per heavy atom. The molecular weight excluding hydrogens is 324 g/mol. The number of ketones is 1. The second kappa shape index (κ2) is 7.35. The number of rotatable bonds is 5. The number of carbonyl (C=O) groups is 1. The smallest absolute Gasteiger partial charge is 0.229 e. The molecule has 1 heterocycles. The van der Waals surface area contributed by atoms with E-state index in [2.05, 4.69) is 46.6 Å². The molecule has 0 saturated carbocycles. The molecule has 0 amide bonds. The van der Waals surface area contributed by atoms with Crippen LogP contribution in [0, 0.1) is 20.8 Å². The van der Waals surface area contributed by atoms with E-state index in [1.54, 1.807) is 19.1 Å². The van der Waals surface area contributed by atoms with Gasteiger partial charge in [0.15, 0.2) is 5.78 Å². The average Bonchev–Trinajstić information content (AvgIpc) is 2.58. The number of aromatic nitrogens is 2. The second-order valence-corrected chi connectivity index (χ2v) is 6.40. The van der Waals surface area contributed by atoms with Crippen LogP contribution in [0.2, 0.25) is 0 Å². The number of anilines is 4. The molecule has 0 spiro atoms. The van der Waals surface area contributed by atoms with Crippen LogP contribution in [-0.4, -0.2) is 15.8 Å². The van der Waals surface area contributed by atoms with Gasteiger partial charge in [-0.2, -0.15) is 4.98 Å². The van der Waals surface area contributed by atoms with Crippen LogP contribution in [-0.2, 0) is 0 Å². The van der Waals surface area contributed by atoms with E-state index in [1.807, 2.05) is 31.2 Å². The van der Waals surface area contributed by atoms with Crippen molar-refractivity contribution >= 4 is 28.9 Å². The van der Waals surface area contributed by atoms with Gasteiger partial charge in [0, 0.05) is 28.7 Å². The van der Waals surface area contributed by atoms with Crippen molar-refractivity contribution in [2.45, 2.75) is 27.7 Å². The van der Waals surface area contributed by atoms with Crippen LogP contribution in [0.15, 0.2) is 48.5 Å². The number of carbonyl (C=O) groups excluding carboxylic acids is 1. The lowest BCUT2D eigenvalue weighted by molar-refractivity contribution is 0.101. The molecule has 5 nitrogen and oxygen atoms in total. The highest BCUT2D eigenvalue weighted by atomic mass is 16.1. The molecule has 0 atom stereocenters. The molecule has 1 aromatic heterocycles. The first kappa shape index (κ1) is 17.6. The third-order valence-electron chi connectivity index (χ3n) is 4.18. The minimum atomic E-state index is 0.0503. The van der Waals surface area contributed by atoms with Gasteiger partial charge in [-0.25, -0.2) is 4.98 Å². The number of hydrogen-bond donors (Lipinski definition) is 2. The highest BCUT2D eigenvalue weighted by Crippen LogP contribution is 2.21. The van der Waals surface area contributed by atoms with Crippen molar-refractivity contribution in [3.63, 3.8) is 0 Å². The first-order chi connectivity index (χ1) is 12.4. The number of nitrogens with zero attached hydrogens (tertiary/aromatic N) is 2. The molecule has 0 aliphatic heterocycles. The Hall–Kier alpha value is -3.21. The van der Waals surface area contributed by atoms with Gasteiger partial charge >= 0.3 is 0 Å². The molecule has 3 aromatic rings. The van der Waals surface area contributed by atoms with Crippen LogP contribution in [0.5, 0.6) is 0 Å². The fourth-order valence-corrected chi connectivity index (χ4v) is 2.57. The van der Waals surface area contributed by atoms with E-state index in [0.717, 1.165) is 17.1 Å². The van der Waals surface area contributed by atoms with Gasteiger partial charge in [-0.1, -0.05) is 6.07 Å². The number of nitrogens with one attached hydrogen (secondary N) is 2. The first-order valence-electron chi connectivity index (χ1n) is 8.49. The standard InChI is InChI=1S/C21H22N4O/c1-13-5-8-19(11-14(13)2)24-21-22-15(3)12-20(25-21)23-18-9-6-17(7-10-18)16(4)26/h5-12H,1-4H3,(H2,22,23,24,25). The van der Waals surface area contributed by atoms with Gasteiger partial charge in [-0.15, -0.1) is 0 Å². The van der Waals surface area contributed by atoms with Crippen LogP contribution >= 0.6 is 0 Å². The van der Waals surface area contributed by atoms with Gasteiger partial charge in [0.05, 0.1) is 0 Å². The van der Waals surface area contributed by atoms with Crippen LogP contribution < -0.4 is 10.6 Å². The van der Waals surface area contributed by atoms with Gasteiger partial charge in [0.2, 0.25) is 5.95 Å². The number of benzene rings is 2. The summed E-state index contributed by atoms with van der Waals surface area (Å²) < 4.78 is 0. The third kappa shape index (κ3) is 4.25. The molecule has 0 aliphatic rings. The monoisotopic (exact) mass is 346 g/mol. The Bertz CT molecular complexity index is 949. The van der Waals surface area contributed by atoms with Crippen molar-refractivity contribution < 1.29 is 4.79 Å². The summed E-state index contributed by atoms with van der Waals surface area (Å²) >= 11 is 0. The Morgan fingerprint density at radius 1 is 0.808 bits per heavy atom. The molecule has 2 N–H and O–H groups in total. The SMILES string of the molecule is CC(=O)c1ccc(Nc2cc(C)nc(Nc3ccc(C)c(C)c3)n2)cc1. The van der Waals surface area contributed by atoms with E-state index in [0.29, 0.717) is 17.3 Å². The highest BCUT2D eigenvalue weighted by molar-refractivity contribution is 5.94. The van der Waals surface area contributed by atoms with Crippen molar-refractivity contribution in [3.05, 3.63) is 70.9 Å². The molecular formula is C21H22N4O. The zero-order chi connectivity index (χ0) is 18.7. The summed E-state index contributed by atoms with van der Waals surface area (Å²) in [5, 5.41) is 6.51. The summed E-state index contributed by atoms with van der Waals surface area (Å²) in [4.78, 5) is 20.4. The van der Waals surface area contributed by atoms with Crippen LogP contribution in [0.3, 0.4) is 0 Å². The van der Waals surface area contributed by atoms with E-state index in [1.165, 1.54) is 11.1 Å². The lowest BCUT2D eigenvalue weighted by Gasteiger charge is -2.11. The van der Waals surface area contributed by atoms with Gasteiger partial charge in [0.25, 0.3) is 0 Å². The van der Waals surface area contributed by atoms with Crippen molar-refractivity contribution in [1.29, 1.82) is 0 Å². The van der Waals surface area contributed by atoms with E-state index in [-0.39, 0.29) is 5.78 Å². The normalized spacial score (nSPS) is 10.5. The van der Waals surface area contributed by atoms with E-state index < -0.39 is 0 Å². The van der Waals surface area contributed by atoms with E-state index in [4.69, 9.17) is 0 Å². The minimum absolute atomic E-state index is 0.0503. The highest BCUT2D eigenvalue weighted by Gasteiger charge is 2.05. The molecule has 0 aliphatic carbocycles. The molecule has 2 aromatic carbocycles. The maximum Gasteiger partial charge on any atom is 0.229 e. The molecule has 0 radical (unpaired) electrons. The lowest BCUT2D eigenvalue weighted by atomic mass is 10.1.